The maximum absolute atomic E-state index is 13.7. The number of nitrogens with one attached hydrogen (secondary N) is 1. The van der Waals surface area contributed by atoms with E-state index in [9.17, 15) is 14.9 Å². The number of benzene rings is 2. The first kappa shape index (κ1) is 27.6. The minimum absolute atomic E-state index is 0.0351. The van der Waals surface area contributed by atoms with Gasteiger partial charge in [0.2, 0.25) is 0 Å². The summed E-state index contributed by atoms with van der Waals surface area (Å²) in [4.78, 5) is 37.4. The van der Waals surface area contributed by atoms with Crippen molar-refractivity contribution in [3.8, 4) is 23.3 Å². The molecule has 0 aliphatic carbocycles. The van der Waals surface area contributed by atoms with Crippen LogP contribution in [0.5, 0.6) is 11.5 Å². The summed E-state index contributed by atoms with van der Waals surface area (Å²) in [5, 5.41) is 12.5. The van der Waals surface area contributed by atoms with Gasteiger partial charge in [-0.1, -0.05) is 18.2 Å². The predicted octanol–water partition coefficient (Wildman–Crippen LogP) is 3.40. The van der Waals surface area contributed by atoms with Crippen LogP contribution in [0.4, 0.5) is 5.82 Å². The van der Waals surface area contributed by atoms with Crippen molar-refractivity contribution in [1.29, 1.82) is 5.26 Å². The first-order valence-electron chi connectivity index (χ1n) is 13.4. The molecular formula is C30H32N8O3. The van der Waals surface area contributed by atoms with Crippen molar-refractivity contribution in [2.75, 3.05) is 18.8 Å². The summed E-state index contributed by atoms with van der Waals surface area (Å²) in [6.45, 7) is 7.71. The van der Waals surface area contributed by atoms with Gasteiger partial charge in [0.15, 0.2) is 11.5 Å². The summed E-state index contributed by atoms with van der Waals surface area (Å²) in [6, 6.07) is 17.9. The Kier molecular flexibility index (Phi) is 7.59. The summed E-state index contributed by atoms with van der Waals surface area (Å²) in [6.07, 6.45) is 4.10. The van der Waals surface area contributed by atoms with E-state index >= 15 is 0 Å². The molecule has 1 amide bonds. The molecule has 1 fully saturated rings. The number of nitrogens with zero attached hydrogens (tertiary/aromatic N) is 6. The van der Waals surface area contributed by atoms with Crippen molar-refractivity contribution in [2.45, 2.75) is 45.3 Å². The van der Waals surface area contributed by atoms with Gasteiger partial charge >= 0.3 is 5.69 Å². The lowest BCUT2D eigenvalue weighted by Crippen LogP contribution is -2.51. The Bertz CT molecular complexity index is 1690. The molecule has 1 saturated heterocycles. The molecule has 3 N–H and O–H groups in total. The van der Waals surface area contributed by atoms with Crippen LogP contribution in [0, 0.1) is 11.3 Å². The van der Waals surface area contributed by atoms with Crippen molar-refractivity contribution < 1.29 is 9.53 Å². The molecular weight excluding hydrogens is 520 g/mol. The average molecular weight is 553 g/mol. The smallest absolute Gasteiger partial charge is 0.335 e. The summed E-state index contributed by atoms with van der Waals surface area (Å²) in [5.74, 6) is 0.959. The Morgan fingerprint density at radius 2 is 1.83 bits per heavy atom. The SMILES string of the molecule is CC(Cn1c(=O)n(-c2ccc(Oc3ccccc3)cc2)c2c(N)ncnc21)NC(=O)C(C#N)=CC(C)(C)N1CCC1. The molecule has 5 rings (SSSR count). The molecule has 1 aliphatic rings. The number of aromatic nitrogens is 4. The van der Waals surface area contributed by atoms with E-state index < -0.39 is 17.5 Å². The summed E-state index contributed by atoms with van der Waals surface area (Å²) in [5.41, 5.74) is 6.70. The van der Waals surface area contributed by atoms with E-state index in [1.807, 2.05) is 50.2 Å². The van der Waals surface area contributed by atoms with Crippen molar-refractivity contribution in [2.24, 2.45) is 0 Å². The number of hydrogen-bond donors (Lipinski definition) is 2. The molecule has 2 aromatic heterocycles. The number of nitrogen functional groups attached to an aromatic ring is 1. The zero-order valence-electron chi connectivity index (χ0n) is 23.2. The third-order valence-electron chi connectivity index (χ3n) is 7.17. The van der Waals surface area contributed by atoms with Crippen LogP contribution in [0.1, 0.15) is 27.2 Å². The molecule has 210 valence electrons. The van der Waals surface area contributed by atoms with Gasteiger partial charge in [0, 0.05) is 31.2 Å². The summed E-state index contributed by atoms with van der Waals surface area (Å²) in [7, 11) is 0. The minimum Gasteiger partial charge on any atom is -0.457 e. The zero-order chi connectivity index (χ0) is 29.1. The predicted molar refractivity (Wildman–Crippen MR) is 156 cm³/mol. The lowest BCUT2D eigenvalue weighted by atomic mass is 9.95. The van der Waals surface area contributed by atoms with Gasteiger partial charge in [0.05, 0.1) is 5.69 Å². The Labute approximate surface area is 237 Å². The van der Waals surface area contributed by atoms with Gasteiger partial charge in [0.25, 0.3) is 5.91 Å². The number of carbonyl (C=O) groups is 1. The van der Waals surface area contributed by atoms with Gasteiger partial charge in [-0.2, -0.15) is 5.26 Å². The second-order valence-corrected chi connectivity index (χ2v) is 10.6. The maximum atomic E-state index is 13.7. The highest BCUT2D eigenvalue weighted by atomic mass is 16.5. The molecule has 1 aliphatic heterocycles. The fraction of sp³-hybridized carbons (Fsp3) is 0.300. The van der Waals surface area contributed by atoms with Gasteiger partial charge in [0.1, 0.15) is 35.0 Å². The van der Waals surface area contributed by atoms with Crippen LogP contribution in [0.15, 0.2) is 77.4 Å². The van der Waals surface area contributed by atoms with Crippen LogP contribution < -0.4 is 21.5 Å². The van der Waals surface area contributed by atoms with E-state index in [2.05, 4.69) is 20.2 Å². The van der Waals surface area contributed by atoms with E-state index in [0.29, 0.717) is 28.4 Å². The maximum Gasteiger partial charge on any atom is 0.335 e. The normalized spacial score (nSPS) is 14.7. The van der Waals surface area contributed by atoms with Gasteiger partial charge in [-0.25, -0.2) is 14.8 Å². The largest absolute Gasteiger partial charge is 0.457 e. The Hall–Kier alpha value is -4.95. The monoisotopic (exact) mass is 552 g/mol. The molecule has 1 unspecified atom stereocenters. The van der Waals surface area contributed by atoms with Crippen molar-refractivity contribution in [1.82, 2.24) is 29.3 Å². The van der Waals surface area contributed by atoms with Crippen LogP contribution in [0.2, 0.25) is 0 Å². The minimum atomic E-state index is -0.499. The van der Waals surface area contributed by atoms with E-state index in [1.54, 1.807) is 37.3 Å². The molecule has 0 bridgehead atoms. The number of likely N-dealkylation sites (tertiary alicyclic amines) is 1. The third-order valence-corrected chi connectivity index (χ3v) is 7.17. The van der Waals surface area contributed by atoms with Gasteiger partial charge in [-0.15, -0.1) is 0 Å². The quantitative estimate of drug-likeness (QED) is 0.238. The lowest BCUT2D eigenvalue weighted by Gasteiger charge is -2.43. The molecule has 11 heteroatoms. The second kappa shape index (κ2) is 11.3. The number of carbonyl (C=O) groups excluding carboxylic acids is 1. The molecule has 4 aromatic rings. The van der Waals surface area contributed by atoms with Crippen LogP contribution in [-0.4, -0.2) is 54.6 Å². The third kappa shape index (κ3) is 5.69. The second-order valence-electron chi connectivity index (χ2n) is 10.6. The molecule has 2 aromatic carbocycles. The first-order valence-corrected chi connectivity index (χ1v) is 13.4. The number of anilines is 1. The molecule has 11 nitrogen and oxygen atoms in total. The Morgan fingerprint density at radius 1 is 1.15 bits per heavy atom. The average Bonchev–Trinajstić information content (AvgIpc) is 3.19. The highest BCUT2D eigenvalue weighted by Gasteiger charge is 2.31. The number of ether oxygens (including phenoxy) is 1. The van der Waals surface area contributed by atoms with Crippen LogP contribution in [0.3, 0.4) is 0 Å². The molecule has 3 heterocycles. The highest BCUT2D eigenvalue weighted by Crippen LogP contribution is 2.26. The number of rotatable bonds is 9. The van der Waals surface area contributed by atoms with Crippen LogP contribution >= 0.6 is 0 Å². The number of hydrogen-bond acceptors (Lipinski definition) is 8. The van der Waals surface area contributed by atoms with Crippen molar-refractivity contribution >= 4 is 22.9 Å². The van der Waals surface area contributed by atoms with E-state index in [0.717, 1.165) is 19.5 Å². The highest BCUT2D eigenvalue weighted by molar-refractivity contribution is 5.97. The fourth-order valence-corrected chi connectivity index (χ4v) is 4.90. The van der Waals surface area contributed by atoms with Crippen LogP contribution in [-0.2, 0) is 11.3 Å². The number of para-hydroxylation sites is 1. The first-order chi connectivity index (χ1) is 19.7. The van der Waals surface area contributed by atoms with Crippen LogP contribution in [0.25, 0.3) is 16.9 Å². The molecule has 41 heavy (non-hydrogen) atoms. The molecule has 0 saturated carbocycles. The topological polar surface area (TPSA) is 144 Å². The van der Waals surface area contributed by atoms with Gasteiger partial charge < -0.3 is 15.8 Å². The van der Waals surface area contributed by atoms with E-state index in [-0.39, 0.29) is 23.6 Å². The standard InChI is InChI=1S/C30H32N8O3/c1-20(35-28(39)21(17-31)16-30(2,3)36-14-7-15-36)18-37-27-25(26(32)33-19-34-27)38(29(37)40)22-10-12-24(13-11-22)41-23-8-5-4-6-9-23/h4-6,8-13,16,19-20H,7,14-15,18H2,1-3H3,(H,35,39)(H2,32,33,34). The van der Waals surface area contributed by atoms with E-state index in [4.69, 9.17) is 10.5 Å². The number of nitrogens with two attached hydrogens (primary N) is 1. The van der Waals surface area contributed by atoms with Gasteiger partial charge in [-0.05, 0) is 69.7 Å². The number of nitriles is 1. The van der Waals surface area contributed by atoms with Crippen molar-refractivity contribution in [3.63, 3.8) is 0 Å². The number of fused-ring (bicyclic) bond motifs is 1. The Morgan fingerprint density at radius 3 is 2.46 bits per heavy atom. The number of imidazole rings is 1. The summed E-state index contributed by atoms with van der Waals surface area (Å²) >= 11 is 0. The molecule has 0 spiro atoms. The molecule has 1 atom stereocenters. The fourth-order valence-electron chi connectivity index (χ4n) is 4.90. The number of amides is 1. The van der Waals surface area contributed by atoms with Gasteiger partial charge in [-0.3, -0.25) is 18.8 Å². The zero-order valence-corrected chi connectivity index (χ0v) is 23.2. The van der Waals surface area contributed by atoms with E-state index in [1.165, 1.54) is 15.5 Å². The summed E-state index contributed by atoms with van der Waals surface area (Å²) < 4.78 is 8.77. The lowest BCUT2D eigenvalue weighted by molar-refractivity contribution is -0.117. The Balaban J connectivity index is 1.40. The van der Waals surface area contributed by atoms with Crippen molar-refractivity contribution in [3.05, 3.63) is 83.1 Å². The molecule has 0 radical (unpaired) electrons.